The largest absolute Gasteiger partial charge is 0.468 e. The third-order valence-electron chi connectivity index (χ3n) is 2.99. The molecule has 4 nitrogen and oxygen atoms in total. The van der Waals surface area contributed by atoms with Crippen molar-refractivity contribution >= 4 is 11.9 Å². The van der Waals surface area contributed by atoms with Gasteiger partial charge < -0.3 is 9.47 Å². The van der Waals surface area contributed by atoms with Gasteiger partial charge in [-0.25, -0.2) is 0 Å². The van der Waals surface area contributed by atoms with Crippen LogP contribution in [0.3, 0.4) is 0 Å². The SMILES string of the molecule is C=C=C1C(C(C)C)C1(C(=O)OC)C(=O)OC. The van der Waals surface area contributed by atoms with Gasteiger partial charge >= 0.3 is 11.9 Å². The van der Waals surface area contributed by atoms with Crippen LogP contribution in [0.15, 0.2) is 17.9 Å². The molecule has 88 valence electrons. The van der Waals surface area contributed by atoms with E-state index in [1.165, 1.54) is 14.2 Å². The maximum absolute atomic E-state index is 11.8. The van der Waals surface area contributed by atoms with Crippen LogP contribution in [0.4, 0.5) is 0 Å². The Morgan fingerprint density at radius 2 is 1.75 bits per heavy atom. The zero-order valence-electron chi connectivity index (χ0n) is 9.99. The lowest BCUT2D eigenvalue weighted by atomic mass is 9.97. The van der Waals surface area contributed by atoms with Crippen LogP contribution in [-0.4, -0.2) is 26.2 Å². The molecule has 1 fully saturated rings. The van der Waals surface area contributed by atoms with E-state index in [9.17, 15) is 9.59 Å². The van der Waals surface area contributed by atoms with E-state index >= 15 is 0 Å². The van der Waals surface area contributed by atoms with Crippen molar-refractivity contribution < 1.29 is 19.1 Å². The van der Waals surface area contributed by atoms with Crippen LogP contribution < -0.4 is 0 Å². The van der Waals surface area contributed by atoms with Crippen LogP contribution in [0.5, 0.6) is 0 Å². The summed E-state index contributed by atoms with van der Waals surface area (Å²) >= 11 is 0. The number of hydrogen-bond acceptors (Lipinski definition) is 4. The molecule has 0 heterocycles. The van der Waals surface area contributed by atoms with E-state index in [2.05, 4.69) is 21.8 Å². The smallest absolute Gasteiger partial charge is 0.328 e. The van der Waals surface area contributed by atoms with Gasteiger partial charge in [0.25, 0.3) is 0 Å². The van der Waals surface area contributed by atoms with Crippen molar-refractivity contribution in [1.29, 1.82) is 0 Å². The Morgan fingerprint density at radius 1 is 1.31 bits per heavy atom. The second-order valence-corrected chi connectivity index (χ2v) is 4.10. The quantitative estimate of drug-likeness (QED) is 0.412. The molecule has 0 amide bonds. The number of carbonyl (C=O) groups is 2. The molecule has 1 saturated carbocycles. The van der Waals surface area contributed by atoms with Crippen molar-refractivity contribution in [2.24, 2.45) is 17.3 Å². The first-order valence-electron chi connectivity index (χ1n) is 5.05. The second-order valence-electron chi connectivity index (χ2n) is 4.10. The maximum Gasteiger partial charge on any atom is 0.328 e. The lowest BCUT2D eigenvalue weighted by molar-refractivity contribution is -0.161. The minimum absolute atomic E-state index is 0.127. The van der Waals surface area contributed by atoms with Crippen LogP contribution in [0.2, 0.25) is 0 Å². The highest BCUT2D eigenvalue weighted by Crippen LogP contribution is 2.62. The van der Waals surface area contributed by atoms with Gasteiger partial charge in [0.2, 0.25) is 5.41 Å². The molecule has 0 aromatic carbocycles. The van der Waals surface area contributed by atoms with Crippen molar-refractivity contribution in [3.63, 3.8) is 0 Å². The Kier molecular flexibility index (Phi) is 3.24. The zero-order valence-corrected chi connectivity index (χ0v) is 9.99. The number of hydrogen-bond donors (Lipinski definition) is 0. The third-order valence-corrected chi connectivity index (χ3v) is 2.99. The van der Waals surface area contributed by atoms with E-state index in [-0.39, 0.29) is 11.8 Å². The summed E-state index contributed by atoms with van der Waals surface area (Å²) in [7, 11) is 2.51. The topological polar surface area (TPSA) is 52.6 Å². The fraction of sp³-hybridized carbons (Fsp3) is 0.583. The van der Waals surface area contributed by atoms with Crippen LogP contribution in [0, 0.1) is 17.3 Å². The Morgan fingerprint density at radius 3 is 1.94 bits per heavy atom. The van der Waals surface area contributed by atoms with E-state index in [1.807, 2.05) is 13.8 Å². The molecule has 0 spiro atoms. The Labute approximate surface area is 94.9 Å². The molecule has 0 aliphatic heterocycles. The summed E-state index contributed by atoms with van der Waals surface area (Å²) < 4.78 is 9.37. The highest BCUT2D eigenvalue weighted by Gasteiger charge is 2.73. The van der Waals surface area contributed by atoms with Crippen LogP contribution in [0.25, 0.3) is 0 Å². The molecule has 0 N–H and O–H groups in total. The lowest BCUT2D eigenvalue weighted by Crippen LogP contribution is -2.31. The summed E-state index contributed by atoms with van der Waals surface area (Å²) in [5.74, 6) is -1.28. The fourth-order valence-electron chi connectivity index (χ4n) is 2.32. The fourth-order valence-corrected chi connectivity index (χ4v) is 2.32. The van der Waals surface area contributed by atoms with Crippen molar-refractivity contribution in [1.82, 2.24) is 0 Å². The minimum atomic E-state index is -1.31. The summed E-state index contributed by atoms with van der Waals surface area (Å²) in [5, 5.41) is 0. The molecule has 16 heavy (non-hydrogen) atoms. The van der Waals surface area contributed by atoms with E-state index < -0.39 is 17.4 Å². The van der Waals surface area contributed by atoms with Crippen LogP contribution in [0.1, 0.15) is 13.8 Å². The molecule has 1 aliphatic rings. The number of ether oxygens (including phenoxy) is 2. The van der Waals surface area contributed by atoms with E-state index in [4.69, 9.17) is 0 Å². The molecule has 0 bridgehead atoms. The first-order chi connectivity index (χ1) is 7.48. The van der Waals surface area contributed by atoms with E-state index in [0.717, 1.165) is 0 Å². The summed E-state index contributed by atoms with van der Waals surface area (Å²) in [4.78, 5) is 23.5. The predicted octanol–water partition coefficient (Wildman–Crippen LogP) is 1.32. The molecule has 1 atom stereocenters. The number of rotatable bonds is 3. The molecule has 0 radical (unpaired) electrons. The van der Waals surface area contributed by atoms with E-state index in [0.29, 0.717) is 5.57 Å². The van der Waals surface area contributed by atoms with Gasteiger partial charge in [-0.2, -0.15) is 0 Å². The molecule has 1 unspecified atom stereocenters. The maximum atomic E-state index is 11.8. The average Bonchev–Trinajstić information content (AvgIpc) is 2.97. The minimum Gasteiger partial charge on any atom is -0.468 e. The molecular formula is C12H16O4. The Bertz CT molecular complexity index is 358. The monoisotopic (exact) mass is 224 g/mol. The van der Waals surface area contributed by atoms with Crippen molar-refractivity contribution in [3.05, 3.63) is 17.9 Å². The highest BCUT2D eigenvalue weighted by atomic mass is 16.5. The summed E-state index contributed by atoms with van der Waals surface area (Å²) in [6.07, 6.45) is 0. The normalized spacial score (nSPS) is 21.3. The first kappa shape index (κ1) is 12.5. The van der Waals surface area contributed by atoms with Gasteiger partial charge in [0, 0.05) is 11.5 Å². The number of esters is 2. The van der Waals surface area contributed by atoms with Crippen molar-refractivity contribution in [3.8, 4) is 0 Å². The molecule has 0 aromatic heterocycles. The number of carbonyl (C=O) groups excluding carboxylic acids is 2. The van der Waals surface area contributed by atoms with Crippen LogP contribution in [-0.2, 0) is 19.1 Å². The van der Waals surface area contributed by atoms with Crippen molar-refractivity contribution in [2.75, 3.05) is 14.2 Å². The molecule has 0 aromatic rings. The van der Waals surface area contributed by atoms with Gasteiger partial charge in [-0.3, -0.25) is 9.59 Å². The van der Waals surface area contributed by atoms with E-state index in [1.54, 1.807) is 0 Å². The predicted molar refractivity (Wildman–Crippen MR) is 57.4 cm³/mol. The highest BCUT2D eigenvalue weighted by molar-refractivity contribution is 6.09. The summed E-state index contributed by atoms with van der Waals surface area (Å²) in [6.45, 7) is 7.36. The Balaban J connectivity index is 3.24. The lowest BCUT2D eigenvalue weighted by Gasteiger charge is -2.12. The molecule has 4 heteroatoms. The third kappa shape index (κ3) is 1.38. The van der Waals surface area contributed by atoms with Crippen molar-refractivity contribution in [2.45, 2.75) is 13.8 Å². The first-order valence-corrected chi connectivity index (χ1v) is 5.05. The van der Waals surface area contributed by atoms with Crippen LogP contribution >= 0.6 is 0 Å². The van der Waals surface area contributed by atoms with Gasteiger partial charge in [0.05, 0.1) is 14.2 Å². The van der Waals surface area contributed by atoms with Gasteiger partial charge in [-0.1, -0.05) is 20.4 Å². The molecule has 0 saturated heterocycles. The van der Waals surface area contributed by atoms with Gasteiger partial charge in [-0.05, 0) is 5.92 Å². The van der Waals surface area contributed by atoms with Gasteiger partial charge in [-0.15, -0.1) is 5.73 Å². The molecular weight excluding hydrogens is 208 g/mol. The average molecular weight is 224 g/mol. The second kappa shape index (κ2) is 4.14. The molecule has 1 aliphatic carbocycles. The van der Waals surface area contributed by atoms with Gasteiger partial charge in [0.1, 0.15) is 0 Å². The Hall–Kier alpha value is -1.54. The standard InChI is InChI=1S/C12H16O4/c1-6-8-9(7(2)3)12(8,10(13)15-4)11(14)16-5/h7,9H,1H2,2-5H3. The summed E-state index contributed by atoms with van der Waals surface area (Å²) in [6, 6.07) is 0. The zero-order chi connectivity index (χ0) is 12.5. The summed E-state index contributed by atoms with van der Waals surface area (Å²) in [5.41, 5.74) is 1.92. The van der Waals surface area contributed by atoms with Gasteiger partial charge in [0.15, 0.2) is 0 Å². The molecule has 1 rings (SSSR count). The number of methoxy groups -OCH3 is 2.